The van der Waals surface area contributed by atoms with Gasteiger partial charge in [0.15, 0.2) is 0 Å². The van der Waals surface area contributed by atoms with Crippen molar-refractivity contribution in [2.24, 2.45) is 0 Å². The van der Waals surface area contributed by atoms with Crippen molar-refractivity contribution in [2.75, 3.05) is 10.0 Å². The van der Waals surface area contributed by atoms with E-state index in [1.165, 1.54) is 19.1 Å². The number of carbonyl (C=O) groups is 1. The quantitative estimate of drug-likeness (QED) is 0.312. The molecule has 1 unspecified atom stereocenters. The second-order valence-electron chi connectivity index (χ2n) is 7.85. The average Bonchev–Trinajstić information content (AvgIpc) is 2.80. The average molecular weight is 603 g/mol. The molecule has 0 spiro atoms. The van der Waals surface area contributed by atoms with Crippen molar-refractivity contribution in [1.29, 1.82) is 0 Å². The normalized spacial score (nSPS) is 11.6. The first-order valence-electron chi connectivity index (χ1n) is 10.7. The van der Waals surface area contributed by atoms with Gasteiger partial charge >= 0.3 is 227 Å². The second-order valence-corrected chi connectivity index (χ2v) is 13.0. The number of aromatic nitrogens is 2. The summed E-state index contributed by atoms with van der Waals surface area (Å²) in [5.41, 5.74) is 3.76. The molecule has 1 aromatic heterocycles. The molecule has 4 aromatic rings. The standard InChI is InChI=1S/C25H21AsCl2N4O3S/c1-15-14-29-25(31-23(15)17-9-11-19(12-10-17)30-16(2)33)26-18-5-3-6-20(13-18)32-36(34,35)24-21(27)7-4-8-22(24)28/h3-14,26,32H,1-2H3,(H,30,33). The Morgan fingerprint density at radius 2 is 1.61 bits per heavy atom. The zero-order valence-electron chi connectivity index (χ0n) is 19.2. The summed E-state index contributed by atoms with van der Waals surface area (Å²) in [6.45, 7) is 3.40. The van der Waals surface area contributed by atoms with Gasteiger partial charge in [0.25, 0.3) is 0 Å². The Morgan fingerprint density at radius 3 is 2.28 bits per heavy atom. The Labute approximate surface area is 226 Å². The van der Waals surface area contributed by atoms with Crippen LogP contribution in [0.1, 0.15) is 12.5 Å². The van der Waals surface area contributed by atoms with Crippen molar-refractivity contribution in [3.05, 3.63) is 88.5 Å². The Bertz CT molecular complexity index is 1530. The Kier molecular flexibility index (Phi) is 8.00. The monoisotopic (exact) mass is 602 g/mol. The number of amides is 1. The number of sulfonamides is 1. The van der Waals surface area contributed by atoms with E-state index in [1.807, 2.05) is 37.3 Å². The van der Waals surface area contributed by atoms with E-state index in [4.69, 9.17) is 28.2 Å². The maximum absolute atomic E-state index is 12.9. The minimum absolute atomic E-state index is 0.0466. The van der Waals surface area contributed by atoms with Gasteiger partial charge in [-0.05, 0) is 0 Å². The molecule has 0 saturated carbocycles. The molecule has 0 bridgehead atoms. The van der Waals surface area contributed by atoms with Gasteiger partial charge in [0, 0.05) is 0 Å². The van der Waals surface area contributed by atoms with Gasteiger partial charge in [-0.1, -0.05) is 0 Å². The van der Waals surface area contributed by atoms with Crippen LogP contribution < -0.4 is 19.0 Å². The van der Waals surface area contributed by atoms with E-state index in [9.17, 15) is 13.2 Å². The molecule has 0 radical (unpaired) electrons. The van der Waals surface area contributed by atoms with E-state index in [1.54, 1.807) is 30.5 Å². The molecule has 184 valence electrons. The van der Waals surface area contributed by atoms with E-state index < -0.39 is 25.8 Å². The van der Waals surface area contributed by atoms with Crippen LogP contribution in [0.5, 0.6) is 0 Å². The van der Waals surface area contributed by atoms with Crippen molar-refractivity contribution in [1.82, 2.24) is 9.97 Å². The number of aryl methyl sites for hydroxylation is 1. The first-order valence-corrected chi connectivity index (χ1v) is 15.0. The topological polar surface area (TPSA) is 101 Å². The molecular formula is C25H21AsCl2N4O3S. The van der Waals surface area contributed by atoms with E-state index in [0.29, 0.717) is 16.0 Å². The number of hydrogen-bond donors (Lipinski definition) is 2. The predicted molar refractivity (Wildman–Crippen MR) is 147 cm³/mol. The molecule has 2 N–H and O–H groups in total. The third-order valence-electron chi connectivity index (χ3n) is 5.01. The zero-order chi connectivity index (χ0) is 25.9. The summed E-state index contributed by atoms with van der Waals surface area (Å²) in [6, 6.07) is 19.1. The van der Waals surface area contributed by atoms with Crippen LogP contribution in [0, 0.1) is 6.92 Å². The van der Waals surface area contributed by atoms with Gasteiger partial charge < -0.3 is 0 Å². The Hall–Kier alpha value is -2.90. The van der Waals surface area contributed by atoms with Crippen LogP contribution in [0.15, 0.2) is 77.8 Å². The zero-order valence-corrected chi connectivity index (χ0v) is 23.6. The fourth-order valence-corrected chi connectivity index (χ4v) is 7.66. The number of nitrogens with zero attached hydrogens (tertiary/aromatic N) is 2. The van der Waals surface area contributed by atoms with Crippen molar-refractivity contribution < 1.29 is 13.2 Å². The molecule has 0 fully saturated rings. The molecule has 0 aliphatic carbocycles. The van der Waals surface area contributed by atoms with E-state index >= 15 is 0 Å². The Balaban J connectivity index is 1.56. The van der Waals surface area contributed by atoms with Crippen molar-refractivity contribution in [3.8, 4) is 11.3 Å². The predicted octanol–water partition coefficient (Wildman–Crippen LogP) is 3.91. The summed E-state index contributed by atoms with van der Waals surface area (Å²) in [5, 5.41) is 2.84. The number of carbonyl (C=O) groups excluding carboxylic acids is 1. The third-order valence-corrected chi connectivity index (χ3v) is 9.58. The number of rotatable bonds is 7. The molecular weight excluding hydrogens is 582 g/mol. The van der Waals surface area contributed by atoms with Crippen LogP contribution >= 0.6 is 23.2 Å². The van der Waals surface area contributed by atoms with Crippen molar-refractivity contribution in [2.45, 2.75) is 18.7 Å². The van der Waals surface area contributed by atoms with E-state index in [0.717, 1.165) is 21.2 Å². The molecule has 1 heterocycles. The van der Waals surface area contributed by atoms with Gasteiger partial charge in [-0.25, -0.2) is 0 Å². The number of nitrogens with one attached hydrogen (secondary N) is 2. The summed E-state index contributed by atoms with van der Waals surface area (Å²) in [5.74, 6) is -0.131. The second kappa shape index (κ2) is 11.0. The molecule has 0 saturated heterocycles. The molecule has 11 heteroatoms. The van der Waals surface area contributed by atoms with Gasteiger partial charge in [0.2, 0.25) is 0 Å². The summed E-state index contributed by atoms with van der Waals surface area (Å²) < 4.78 is 30.0. The van der Waals surface area contributed by atoms with E-state index in [-0.39, 0.29) is 20.8 Å². The molecule has 4 rings (SSSR count). The Morgan fingerprint density at radius 1 is 0.944 bits per heavy atom. The number of benzene rings is 3. The van der Waals surface area contributed by atoms with Crippen LogP contribution in [-0.4, -0.2) is 40.0 Å². The molecule has 7 nitrogen and oxygen atoms in total. The van der Waals surface area contributed by atoms with Crippen LogP contribution in [-0.2, 0) is 14.8 Å². The summed E-state index contributed by atoms with van der Waals surface area (Å²) >= 11 is 11.2. The molecule has 1 atom stereocenters. The van der Waals surface area contributed by atoms with E-state index in [2.05, 4.69) is 15.0 Å². The van der Waals surface area contributed by atoms with Crippen molar-refractivity contribution in [3.63, 3.8) is 0 Å². The van der Waals surface area contributed by atoms with Crippen LogP contribution in [0.2, 0.25) is 10.0 Å². The maximum atomic E-state index is 12.9. The van der Waals surface area contributed by atoms with Gasteiger partial charge in [-0.3, -0.25) is 0 Å². The fraction of sp³-hybridized carbons (Fsp3) is 0.0800. The van der Waals surface area contributed by atoms with Gasteiger partial charge in [0.1, 0.15) is 0 Å². The number of anilines is 2. The SMILES string of the molecule is CC(=O)Nc1ccc(-c2nc([AsH]c3cccc(NS(=O)(=O)c4c(Cl)cccc4Cl)c3)ncc2C)cc1. The summed E-state index contributed by atoms with van der Waals surface area (Å²) in [4.78, 5) is 20.4. The van der Waals surface area contributed by atoms with Crippen LogP contribution in [0.25, 0.3) is 11.3 Å². The van der Waals surface area contributed by atoms with Gasteiger partial charge in [0.05, 0.1) is 0 Å². The van der Waals surface area contributed by atoms with Crippen LogP contribution in [0.4, 0.5) is 11.4 Å². The molecule has 0 aliphatic heterocycles. The molecule has 36 heavy (non-hydrogen) atoms. The first kappa shape index (κ1) is 26.2. The number of hydrogen-bond acceptors (Lipinski definition) is 5. The summed E-state index contributed by atoms with van der Waals surface area (Å²) in [7, 11) is -3.98. The first-order chi connectivity index (χ1) is 17.1. The molecule has 0 aliphatic rings. The minimum atomic E-state index is -3.98. The molecule has 3 aromatic carbocycles. The van der Waals surface area contributed by atoms with Crippen LogP contribution in [0.3, 0.4) is 0 Å². The molecule has 1 amide bonds. The fourth-order valence-electron chi connectivity index (χ4n) is 3.44. The van der Waals surface area contributed by atoms with Gasteiger partial charge in [-0.15, -0.1) is 0 Å². The van der Waals surface area contributed by atoms with Gasteiger partial charge in [-0.2, -0.15) is 0 Å². The van der Waals surface area contributed by atoms with Crippen molar-refractivity contribution >= 4 is 75.2 Å². The third kappa shape index (κ3) is 6.26. The summed E-state index contributed by atoms with van der Waals surface area (Å²) in [6.07, 6.45) is 1.79. The number of halogens is 2.